The first-order valence-corrected chi connectivity index (χ1v) is 7.94. The van der Waals surface area contributed by atoms with Gasteiger partial charge in [-0.25, -0.2) is 14.1 Å². The van der Waals surface area contributed by atoms with Crippen LogP contribution >= 0.6 is 11.8 Å². The Morgan fingerprint density at radius 1 is 1.13 bits per heavy atom. The zero-order valence-electron chi connectivity index (χ0n) is 12.5. The van der Waals surface area contributed by atoms with Gasteiger partial charge in [-0.2, -0.15) is 4.39 Å². The molecule has 4 nitrogen and oxygen atoms in total. The molecule has 0 radical (unpaired) electrons. The van der Waals surface area contributed by atoms with Crippen molar-refractivity contribution < 1.29 is 13.5 Å². The first-order valence-electron chi connectivity index (χ1n) is 6.72. The quantitative estimate of drug-likeness (QED) is 0.678. The lowest BCUT2D eigenvalue weighted by Crippen LogP contribution is -2.02. The van der Waals surface area contributed by atoms with E-state index in [1.165, 1.54) is 30.0 Å². The Balaban J connectivity index is 2.08. The second kappa shape index (κ2) is 6.37. The molecule has 0 unspecified atom stereocenters. The number of aromatic nitrogens is 3. The Labute approximate surface area is 136 Å². The Morgan fingerprint density at radius 3 is 2.57 bits per heavy atom. The van der Waals surface area contributed by atoms with Crippen molar-refractivity contribution in [2.24, 2.45) is 0 Å². The Morgan fingerprint density at radius 2 is 1.96 bits per heavy atom. The van der Waals surface area contributed by atoms with Crippen molar-refractivity contribution >= 4 is 11.8 Å². The van der Waals surface area contributed by atoms with Crippen molar-refractivity contribution in [1.29, 1.82) is 0 Å². The fourth-order valence-corrected chi connectivity index (χ4v) is 2.54. The lowest BCUT2D eigenvalue weighted by molar-refractivity contribution is 0.386. The highest BCUT2D eigenvalue weighted by molar-refractivity contribution is 7.98. The molecule has 0 spiro atoms. The minimum Gasteiger partial charge on any atom is -0.494 e. The van der Waals surface area contributed by atoms with Crippen molar-refractivity contribution in [2.75, 3.05) is 13.4 Å². The molecule has 7 heteroatoms. The van der Waals surface area contributed by atoms with E-state index in [1.807, 2.05) is 12.3 Å². The second-order valence-electron chi connectivity index (χ2n) is 4.67. The third-order valence-electron chi connectivity index (χ3n) is 3.30. The summed E-state index contributed by atoms with van der Waals surface area (Å²) in [7, 11) is 1.39. The number of hydrogen-bond acceptors (Lipinski definition) is 4. The molecule has 0 fully saturated rings. The molecule has 1 aromatic carbocycles. The Hall–Kier alpha value is -2.41. The van der Waals surface area contributed by atoms with Crippen LogP contribution in [0, 0.1) is 11.8 Å². The van der Waals surface area contributed by atoms with Crippen molar-refractivity contribution in [3.05, 3.63) is 54.4 Å². The minimum atomic E-state index is -0.660. The summed E-state index contributed by atoms with van der Waals surface area (Å²) in [6.07, 6.45) is 3.62. The van der Waals surface area contributed by atoms with Crippen LogP contribution in [0.4, 0.5) is 8.78 Å². The fourth-order valence-electron chi connectivity index (χ4n) is 2.18. The molecule has 3 rings (SSSR count). The van der Waals surface area contributed by atoms with Crippen LogP contribution in [0.5, 0.6) is 5.75 Å². The number of ether oxygens (including phenoxy) is 1. The summed E-state index contributed by atoms with van der Waals surface area (Å²) < 4.78 is 33.8. The summed E-state index contributed by atoms with van der Waals surface area (Å²) in [4.78, 5) is 5.25. The second-order valence-corrected chi connectivity index (χ2v) is 5.55. The first-order chi connectivity index (χ1) is 11.1. The monoisotopic (exact) mass is 333 g/mol. The molecule has 0 saturated heterocycles. The normalized spacial score (nSPS) is 10.8. The fraction of sp³-hybridized carbons (Fsp3) is 0.125. The van der Waals surface area contributed by atoms with Gasteiger partial charge in [0.05, 0.1) is 12.8 Å². The van der Waals surface area contributed by atoms with E-state index in [9.17, 15) is 8.78 Å². The number of rotatable bonds is 4. The summed E-state index contributed by atoms with van der Waals surface area (Å²) in [5.41, 5.74) is 0.892. The molecule has 23 heavy (non-hydrogen) atoms. The highest BCUT2D eigenvalue weighted by atomic mass is 32.2. The van der Waals surface area contributed by atoms with Gasteiger partial charge in [-0.15, -0.1) is 16.9 Å². The minimum absolute atomic E-state index is 0.128. The van der Waals surface area contributed by atoms with E-state index in [1.54, 1.807) is 30.1 Å². The molecule has 0 aliphatic heterocycles. The highest BCUT2D eigenvalue weighted by Gasteiger charge is 2.14. The lowest BCUT2D eigenvalue weighted by Gasteiger charge is -2.08. The molecule has 2 heterocycles. The van der Waals surface area contributed by atoms with Crippen LogP contribution in [0.1, 0.15) is 0 Å². The van der Waals surface area contributed by atoms with Gasteiger partial charge in [-0.1, -0.05) is 0 Å². The summed E-state index contributed by atoms with van der Waals surface area (Å²) >= 11 is 1.55. The van der Waals surface area contributed by atoms with Crippen LogP contribution in [0.2, 0.25) is 0 Å². The van der Waals surface area contributed by atoms with Gasteiger partial charge < -0.3 is 4.74 Å². The molecule has 3 aromatic rings. The molecule has 0 bridgehead atoms. The smallest absolute Gasteiger partial charge is 0.233 e. The van der Waals surface area contributed by atoms with Crippen LogP contribution in [-0.4, -0.2) is 28.1 Å². The number of pyridine rings is 1. The van der Waals surface area contributed by atoms with Gasteiger partial charge in [-0.3, -0.25) is 0 Å². The third kappa shape index (κ3) is 3.05. The zero-order valence-corrected chi connectivity index (χ0v) is 13.3. The molecule has 0 aliphatic rings. The van der Waals surface area contributed by atoms with Gasteiger partial charge in [-0.05, 0) is 36.6 Å². The summed E-state index contributed by atoms with van der Waals surface area (Å²) in [5.74, 6) is -0.600. The van der Waals surface area contributed by atoms with E-state index in [4.69, 9.17) is 4.74 Å². The summed E-state index contributed by atoms with van der Waals surface area (Å²) in [6.45, 7) is 0. The maximum absolute atomic E-state index is 13.9. The van der Waals surface area contributed by atoms with E-state index in [0.29, 0.717) is 17.1 Å². The van der Waals surface area contributed by atoms with Crippen LogP contribution < -0.4 is 4.74 Å². The van der Waals surface area contributed by atoms with E-state index in [2.05, 4.69) is 10.1 Å². The van der Waals surface area contributed by atoms with Gasteiger partial charge in [0, 0.05) is 22.7 Å². The molecule has 0 saturated carbocycles. The molecule has 0 atom stereocenters. The predicted octanol–water partition coefficient (Wildman–Crippen LogP) is 3.94. The number of benzene rings is 1. The standard InChI is InChI=1S/C16H13F2N3OS/c1-22-14-5-3-10(7-12(14)17)13-8-15(18)20-21(13)16-6-4-11(23-2)9-19-16/h3-9H,1-2H3. The van der Waals surface area contributed by atoms with Crippen molar-refractivity contribution in [3.8, 4) is 22.8 Å². The molecular formula is C16H13F2N3OS. The maximum Gasteiger partial charge on any atom is 0.233 e. The molecule has 2 aromatic heterocycles. The van der Waals surface area contributed by atoms with Gasteiger partial charge in [0.15, 0.2) is 17.4 Å². The Kier molecular flexibility index (Phi) is 4.29. The number of hydrogen-bond donors (Lipinski definition) is 0. The number of methoxy groups -OCH3 is 1. The van der Waals surface area contributed by atoms with Crippen molar-refractivity contribution in [3.63, 3.8) is 0 Å². The molecule has 0 aliphatic carbocycles. The highest BCUT2D eigenvalue weighted by Crippen LogP contribution is 2.27. The zero-order chi connectivity index (χ0) is 16.4. The van der Waals surface area contributed by atoms with Gasteiger partial charge in [0.2, 0.25) is 5.95 Å². The predicted molar refractivity (Wildman–Crippen MR) is 85.0 cm³/mol. The summed E-state index contributed by atoms with van der Waals surface area (Å²) in [6, 6.07) is 9.26. The summed E-state index contributed by atoms with van der Waals surface area (Å²) in [5, 5.41) is 3.81. The Bertz CT molecular complexity index is 834. The van der Waals surface area contributed by atoms with E-state index < -0.39 is 11.8 Å². The van der Waals surface area contributed by atoms with Crippen LogP contribution in [0.3, 0.4) is 0 Å². The average Bonchev–Trinajstić information content (AvgIpc) is 2.96. The van der Waals surface area contributed by atoms with Crippen LogP contribution in [0.25, 0.3) is 17.1 Å². The topological polar surface area (TPSA) is 39.9 Å². The van der Waals surface area contributed by atoms with Crippen molar-refractivity contribution in [1.82, 2.24) is 14.8 Å². The molecule has 0 amide bonds. The number of thioether (sulfide) groups is 1. The van der Waals surface area contributed by atoms with Crippen LogP contribution in [-0.2, 0) is 0 Å². The van der Waals surface area contributed by atoms with Gasteiger partial charge >= 0.3 is 0 Å². The van der Waals surface area contributed by atoms with Gasteiger partial charge in [0.1, 0.15) is 0 Å². The lowest BCUT2D eigenvalue weighted by atomic mass is 10.1. The van der Waals surface area contributed by atoms with E-state index >= 15 is 0 Å². The van der Waals surface area contributed by atoms with E-state index in [-0.39, 0.29) is 5.75 Å². The molecule has 0 N–H and O–H groups in total. The first kappa shape index (κ1) is 15.5. The number of nitrogens with zero attached hydrogens (tertiary/aromatic N) is 3. The maximum atomic E-state index is 13.9. The third-order valence-corrected chi connectivity index (χ3v) is 4.01. The average molecular weight is 333 g/mol. The van der Waals surface area contributed by atoms with Gasteiger partial charge in [0.25, 0.3) is 0 Å². The molecular weight excluding hydrogens is 320 g/mol. The SMILES string of the molecule is COc1ccc(-c2cc(F)nn2-c2ccc(SC)cn2)cc1F. The van der Waals surface area contributed by atoms with Crippen LogP contribution in [0.15, 0.2) is 47.5 Å². The van der Waals surface area contributed by atoms with E-state index in [0.717, 1.165) is 4.90 Å². The largest absolute Gasteiger partial charge is 0.494 e. The van der Waals surface area contributed by atoms with Crippen molar-refractivity contribution in [2.45, 2.75) is 4.90 Å². The molecule has 118 valence electrons. The number of halogens is 2.